The zero-order valence-electron chi connectivity index (χ0n) is 12.4. The van der Waals surface area contributed by atoms with Crippen LogP contribution in [0.4, 0.5) is 5.82 Å². The summed E-state index contributed by atoms with van der Waals surface area (Å²) in [5, 5.41) is 3.14. The molecule has 0 spiro atoms. The Morgan fingerprint density at radius 2 is 2.00 bits per heavy atom. The highest BCUT2D eigenvalue weighted by Crippen LogP contribution is 2.32. The summed E-state index contributed by atoms with van der Waals surface area (Å²) in [6.45, 7) is 4.27. The summed E-state index contributed by atoms with van der Waals surface area (Å²) in [6, 6.07) is 5.86. The van der Waals surface area contributed by atoms with Crippen molar-refractivity contribution < 1.29 is 4.74 Å². The molecule has 21 heavy (non-hydrogen) atoms. The van der Waals surface area contributed by atoms with E-state index in [0.29, 0.717) is 11.7 Å². The number of ether oxygens (including phenoxy) is 1. The van der Waals surface area contributed by atoms with Gasteiger partial charge in [-0.3, -0.25) is 0 Å². The number of methoxy groups -OCH3 is 1. The van der Waals surface area contributed by atoms with E-state index in [1.54, 1.807) is 7.11 Å². The van der Waals surface area contributed by atoms with Crippen LogP contribution in [0.2, 0.25) is 0 Å². The molecular weight excluding hydrogens is 445 g/mol. The molecule has 0 fully saturated rings. The fraction of sp³-hybridized carbons (Fsp3) is 0.333. The molecule has 1 aromatic heterocycles. The second-order valence-electron chi connectivity index (χ2n) is 4.85. The zero-order chi connectivity index (χ0) is 15.6. The predicted molar refractivity (Wildman–Crippen MR) is 98.1 cm³/mol. The largest absolute Gasteiger partial charge is 0.496 e. The number of anilines is 1. The van der Waals surface area contributed by atoms with Gasteiger partial charge in [0.25, 0.3) is 0 Å². The first-order valence-electron chi connectivity index (χ1n) is 6.57. The quantitative estimate of drug-likeness (QED) is 0.671. The van der Waals surface area contributed by atoms with Gasteiger partial charge in [-0.1, -0.05) is 13.8 Å². The van der Waals surface area contributed by atoms with Crippen LogP contribution >= 0.6 is 38.5 Å². The van der Waals surface area contributed by atoms with Crippen molar-refractivity contribution in [3.63, 3.8) is 0 Å². The van der Waals surface area contributed by atoms with Gasteiger partial charge in [-0.15, -0.1) is 0 Å². The molecule has 0 atom stereocenters. The van der Waals surface area contributed by atoms with Crippen molar-refractivity contribution in [3.8, 4) is 17.1 Å². The molecular formula is C15H17BrIN3O. The first-order valence-corrected chi connectivity index (χ1v) is 8.44. The number of aromatic nitrogens is 2. The fourth-order valence-electron chi connectivity index (χ4n) is 1.95. The van der Waals surface area contributed by atoms with E-state index in [-0.39, 0.29) is 0 Å². The van der Waals surface area contributed by atoms with Crippen LogP contribution in [-0.4, -0.2) is 24.1 Å². The molecule has 2 aromatic rings. The summed E-state index contributed by atoms with van der Waals surface area (Å²) in [5.41, 5.74) is 2.01. The average Bonchev–Trinajstić information content (AvgIpc) is 2.47. The van der Waals surface area contributed by atoms with Crippen molar-refractivity contribution >= 4 is 44.3 Å². The van der Waals surface area contributed by atoms with Gasteiger partial charge in [0.05, 0.1) is 20.8 Å². The van der Waals surface area contributed by atoms with Gasteiger partial charge in [-0.05, 0) is 62.6 Å². The van der Waals surface area contributed by atoms with Gasteiger partial charge in [0.2, 0.25) is 0 Å². The number of halogens is 2. The molecule has 0 radical (unpaired) electrons. The molecule has 0 amide bonds. The third kappa shape index (κ3) is 3.48. The topological polar surface area (TPSA) is 47.0 Å². The summed E-state index contributed by atoms with van der Waals surface area (Å²) < 4.78 is 7.22. The minimum Gasteiger partial charge on any atom is -0.496 e. The van der Waals surface area contributed by atoms with Gasteiger partial charge in [0.1, 0.15) is 11.6 Å². The van der Waals surface area contributed by atoms with Crippen molar-refractivity contribution in [1.29, 1.82) is 0 Å². The molecule has 4 nitrogen and oxygen atoms in total. The number of nitrogens with zero attached hydrogens (tertiary/aromatic N) is 2. The Labute approximate surface area is 147 Å². The monoisotopic (exact) mass is 461 g/mol. The zero-order valence-corrected chi connectivity index (χ0v) is 16.1. The van der Waals surface area contributed by atoms with E-state index in [0.717, 1.165) is 30.9 Å². The van der Waals surface area contributed by atoms with Crippen LogP contribution in [0.25, 0.3) is 11.4 Å². The van der Waals surface area contributed by atoms with Crippen LogP contribution in [-0.2, 0) is 0 Å². The van der Waals surface area contributed by atoms with Crippen LogP contribution in [0.5, 0.6) is 5.75 Å². The highest BCUT2D eigenvalue weighted by molar-refractivity contribution is 14.1. The lowest BCUT2D eigenvalue weighted by molar-refractivity contribution is 0.412. The predicted octanol–water partition coefficient (Wildman–Crippen LogP) is 4.68. The number of rotatable bonds is 4. The lowest BCUT2D eigenvalue weighted by atomic mass is 10.1. The number of nitrogens with one attached hydrogen (secondary N) is 1. The average molecular weight is 462 g/mol. The molecule has 1 heterocycles. The standard InChI is InChI=1S/C15H17BrIN3O/c1-8(2)13-12(17)15(18-3)20-14(19-13)9-5-6-11(21-4)10(16)7-9/h5-8H,1-4H3,(H,18,19,20). The van der Waals surface area contributed by atoms with E-state index in [1.165, 1.54) is 0 Å². The molecule has 0 bridgehead atoms. The summed E-state index contributed by atoms with van der Waals surface area (Å²) >= 11 is 5.80. The van der Waals surface area contributed by atoms with Crippen LogP contribution in [0, 0.1) is 3.57 Å². The smallest absolute Gasteiger partial charge is 0.161 e. The van der Waals surface area contributed by atoms with Crippen LogP contribution in [0.3, 0.4) is 0 Å². The Bertz CT molecular complexity index is 662. The number of hydrogen-bond donors (Lipinski definition) is 1. The summed E-state index contributed by atoms with van der Waals surface area (Å²) in [4.78, 5) is 9.34. The van der Waals surface area contributed by atoms with E-state index < -0.39 is 0 Å². The van der Waals surface area contributed by atoms with Gasteiger partial charge < -0.3 is 10.1 Å². The van der Waals surface area contributed by atoms with E-state index in [9.17, 15) is 0 Å². The van der Waals surface area contributed by atoms with Gasteiger partial charge in [-0.25, -0.2) is 9.97 Å². The lowest BCUT2D eigenvalue weighted by Gasteiger charge is -2.14. The van der Waals surface area contributed by atoms with Gasteiger partial charge in [0.15, 0.2) is 5.82 Å². The third-order valence-electron chi connectivity index (χ3n) is 3.07. The molecule has 112 valence electrons. The van der Waals surface area contributed by atoms with Crippen molar-refractivity contribution in [3.05, 3.63) is 31.9 Å². The normalized spacial score (nSPS) is 10.8. The Morgan fingerprint density at radius 1 is 1.29 bits per heavy atom. The van der Waals surface area contributed by atoms with E-state index >= 15 is 0 Å². The molecule has 1 aromatic carbocycles. The SMILES string of the molecule is CNc1nc(-c2ccc(OC)c(Br)c2)nc(C(C)C)c1I. The van der Waals surface area contributed by atoms with Crippen molar-refractivity contribution in [2.45, 2.75) is 19.8 Å². The van der Waals surface area contributed by atoms with Crippen molar-refractivity contribution in [1.82, 2.24) is 9.97 Å². The maximum Gasteiger partial charge on any atom is 0.161 e. The Hall–Kier alpha value is -0.890. The second kappa shape index (κ2) is 6.91. The maximum atomic E-state index is 5.26. The highest BCUT2D eigenvalue weighted by Gasteiger charge is 2.15. The number of hydrogen-bond acceptors (Lipinski definition) is 4. The Kier molecular flexibility index (Phi) is 5.43. The Morgan fingerprint density at radius 3 is 2.52 bits per heavy atom. The minimum atomic E-state index is 0.340. The first-order chi connectivity index (χ1) is 9.97. The lowest BCUT2D eigenvalue weighted by Crippen LogP contribution is -2.06. The first kappa shape index (κ1) is 16.5. The van der Waals surface area contributed by atoms with Crippen LogP contribution in [0.1, 0.15) is 25.5 Å². The van der Waals surface area contributed by atoms with E-state index in [1.807, 2.05) is 25.2 Å². The number of benzene rings is 1. The fourth-order valence-corrected chi connectivity index (χ4v) is 3.62. The molecule has 1 N–H and O–H groups in total. The molecule has 0 unspecified atom stereocenters. The molecule has 0 aliphatic heterocycles. The van der Waals surface area contributed by atoms with E-state index in [4.69, 9.17) is 9.72 Å². The van der Waals surface area contributed by atoms with Crippen molar-refractivity contribution in [2.75, 3.05) is 19.5 Å². The maximum absolute atomic E-state index is 5.26. The van der Waals surface area contributed by atoms with Crippen LogP contribution < -0.4 is 10.1 Å². The molecule has 0 aliphatic carbocycles. The summed E-state index contributed by atoms with van der Waals surface area (Å²) in [6.07, 6.45) is 0. The van der Waals surface area contributed by atoms with Gasteiger partial charge >= 0.3 is 0 Å². The molecule has 0 saturated carbocycles. The second-order valence-corrected chi connectivity index (χ2v) is 6.78. The minimum absolute atomic E-state index is 0.340. The summed E-state index contributed by atoms with van der Waals surface area (Å²) in [5.74, 6) is 2.71. The highest BCUT2D eigenvalue weighted by atomic mass is 127. The Balaban J connectivity index is 2.58. The molecule has 0 aliphatic rings. The molecule has 0 saturated heterocycles. The van der Waals surface area contributed by atoms with E-state index in [2.05, 4.69) is 62.7 Å². The van der Waals surface area contributed by atoms with Crippen molar-refractivity contribution in [2.24, 2.45) is 0 Å². The molecule has 2 rings (SSSR count). The van der Waals surface area contributed by atoms with Crippen LogP contribution in [0.15, 0.2) is 22.7 Å². The van der Waals surface area contributed by atoms with Gasteiger partial charge in [-0.2, -0.15) is 0 Å². The molecule has 6 heteroatoms. The van der Waals surface area contributed by atoms with Gasteiger partial charge in [0, 0.05) is 12.6 Å². The third-order valence-corrected chi connectivity index (χ3v) is 4.75. The summed E-state index contributed by atoms with van der Waals surface area (Å²) in [7, 11) is 3.53.